The average molecular weight is 277 g/mol. The van der Waals surface area contributed by atoms with Crippen LogP contribution in [-0.2, 0) is 9.53 Å². The molecule has 2 aromatic rings. The summed E-state index contributed by atoms with van der Waals surface area (Å²) in [6.07, 6.45) is 4.51. The van der Waals surface area contributed by atoms with Crippen LogP contribution in [0.25, 0.3) is 10.2 Å². The summed E-state index contributed by atoms with van der Waals surface area (Å²) in [6.45, 7) is 0.837. The largest absolute Gasteiger partial charge is 0.467 e. The number of nitrogens with zero attached hydrogens (tertiary/aromatic N) is 3. The predicted molar refractivity (Wildman–Crippen MR) is 74.4 cm³/mol. The minimum absolute atomic E-state index is 0.178. The normalized spacial score (nSPS) is 19.6. The highest BCUT2D eigenvalue weighted by atomic mass is 32.1. The van der Waals surface area contributed by atoms with Gasteiger partial charge in [0.1, 0.15) is 12.4 Å². The van der Waals surface area contributed by atoms with Gasteiger partial charge < -0.3 is 9.64 Å². The van der Waals surface area contributed by atoms with Gasteiger partial charge in [-0.05, 0) is 30.7 Å². The molecule has 0 aliphatic carbocycles. The third-order valence-electron chi connectivity index (χ3n) is 3.47. The van der Waals surface area contributed by atoms with E-state index < -0.39 is 0 Å². The molecule has 0 saturated carbocycles. The molecule has 1 aliphatic rings. The number of hydrogen-bond acceptors (Lipinski definition) is 6. The third kappa shape index (κ3) is 2.16. The highest BCUT2D eigenvalue weighted by Crippen LogP contribution is 2.32. The molecule has 3 heterocycles. The summed E-state index contributed by atoms with van der Waals surface area (Å²) < 4.78 is 5.95. The molecule has 1 saturated heterocycles. The van der Waals surface area contributed by atoms with Gasteiger partial charge in [-0.2, -0.15) is 0 Å². The summed E-state index contributed by atoms with van der Waals surface area (Å²) in [5.74, 6) is 0.679. The van der Waals surface area contributed by atoms with Crippen molar-refractivity contribution in [2.45, 2.75) is 25.3 Å². The van der Waals surface area contributed by atoms with Gasteiger partial charge >= 0.3 is 5.97 Å². The Morgan fingerprint density at radius 1 is 1.47 bits per heavy atom. The number of methoxy groups -OCH3 is 1. The number of aromatic nitrogens is 2. The van der Waals surface area contributed by atoms with Gasteiger partial charge in [-0.3, -0.25) is 0 Å². The number of esters is 1. The second kappa shape index (κ2) is 5.13. The number of hydrogen-bond donors (Lipinski definition) is 0. The van der Waals surface area contributed by atoms with E-state index in [0.717, 1.165) is 41.8 Å². The van der Waals surface area contributed by atoms with Gasteiger partial charge in [0.15, 0.2) is 5.82 Å². The molecule has 6 heteroatoms. The van der Waals surface area contributed by atoms with Crippen LogP contribution < -0.4 is 4.90 Å². The van der Waals surface area contributed by atoms with Crippen LogP contribution in [0.1, 0.15) is 19.3 Å². The van der Waals surface area contributed by atoms with Gasteiger partial charge in [-0.25, -0.2) is 14.8 Å². The molecular formula is C13H15N3O2S. The first-order chi connectivity index (χ1) is 9.31. The minimum Gasteiger partial charge on any atom is -0.467 e. The molecule has 1 aliphatic heterocycles. The van der Waals surface area contributed by atoms with Gasteiger partial charge in [0, 0.05) is 6.54 Å². The van der Waals surface area contributed by atoms with Crippen LogP contribution >= 0.6 is 11.3 Å². The SMILES string of the molecule is COC(=O)C1CCCCN1c1ncnc2ccsc12. The van der Waals surface area contributed by atoms with Crippen LogP contribution in [0.5, 0.6) is 0 Å². The van der Waals surface area contributed by atoms with Gasteiger partial charge in [0.25, 0.3) is 0 Å². The molecule has 100 valence electrons. The molecule has 0 aromatic carbocycles. The lowest BCUT2D eigenvalue weighted by Gasteiger charge is -2.34. The second-order valence-corrected chi connectivity index (χ2v) is 5.48. The van der Waals surface area contributed by atoms with Crippen LogP contribution in [0.2, 0.25) is 0 Å². The zero-order valence-electron chi connectivity index (χ0n) is 10.7. The number of fused-ring (bicyclic) bond motifs is 1. The monoisotopic (exact) mass is 277 g/mol. The Kier molecular flexibility index (Phi) is 3.33. The lowest BCUT2D eigenvalue weighted by molar-refractivity contribution is -0.142. The average Bonchev–Trinajstić information content (AvgIpc) is 2.94. The van der Waals surface area contributed by atoms with Crippen molar-refractivity contribution in [3.63, 3.8) is 0 Å². The maximum atomic E-state index is 11.9. The fourth-order valence-corrected chi connectivity index (χ4v) is 3.40. The van der Waals surface area contributed by atoms with E-state index in [-0.39, 0.29) is 12.0 Å². The summed E-state index contributed by atoms with van der Waals surface area (Å²) in [5.41, 5.74) is 0.934. The lowest BCUT2D eigenvalue weighted by Crippen LogP contribution is -2.45. The number of carbonyl (C=O) groups is 1. The van der Waals surface area contributed by atoms with Crippen LogP contribution in [0, 0.1) is 0 Å². The van der Waals surface area contributed by atoms with Gasteiger partial charge in [0.05, 0.1) is 17.3 Å². The molecule has 3 rings (SSSR count). The van der Waals surface area contributed by atoms with Crippen molar-refractivity contribution < 1.29 is 9.53 Å². The van der Waals surface area contributed by atoms with Gasteiger partial charge in [-0.1, -0.05) is 0 Å². The minimum atomic E-state index is -0.223. The molecule has 0 N–H and O–H groups in total. The van der Waals surface area contributed by atoms with Crippen LogP contribution in [0.3, 0.4) is 0 Å². The number of anilines is 1. The van der Waals surface area contributed by atoms with Crippen molar-refractivity contribution >= 4 is 33.3 Å². The third-order valence-corrected chi connectivity index (χ3v) is 4.37. The Morgan fingerprint density at radius 2 is 2.37 bits per heavy atom. The molecule has 0 spiro atoms. The molecule has 1 fully saturated rings. The van der Waals surface area contributed by atoms with Crippen molar-refractivity contribution in [1.29, 1.82) is 0 Å². The maximum absolute atomic E-state index is 11.9. The quantitative estimate of drug-likeness (QED) is 0.788. The van der Waals surface area contributed by atoms with E-state index in [0.29, 0.717) is 0 Å². The van der Waals surface area contributed by atoms with Gasteiger partial charge in [0.2, 0.25) is 0 Å². The summed E-state index contributed by atoms with van der Waals surface area (Å²) in [7, 11) is 1.44. The molecular weight excluding hydrogens is 262 g/mol. The van der Waals surface area contributed by atoms with E-state index in [1.807, 2.05) is 11.4 Å². The molecule has 0 bridgehead atoms. The first kappa shape index (κ1) is 12.3. The number of rotatable bonds is 2. The maximum Gasteiger partial charge on any atom is 0.328 e. The Balaban J connectivity index is 2.02. The molecule has 1 atom stereocenters. The van der Waals surface area contributed by atoms with E-state index in [4.69, 9.17) is 4.74 Å². The summed E-state index contributed by atoms with van der Waals surface area (Å²) in [5, 5.41) is 2.00. The highest BCUT2D eigenvalue weighted by molar-refractivity contribution is 7.17. The van der Waals surface area contributed by atoms with Crippen molar-refractivity contribution in [3.05, 3.63) is 17.8 Å². The first-order valence-corrected chi connectivity index (χ1v) is 7.22. The Labute approximate surface area is 115 Å². The summed E-state index contributed by atoms with van der Waals surface area (Å²) in [4.78, 5) is 22.6. The van der Waals surface area contributed by atoms with Crippen molar-refractivity contribution in [3.8, 4) is 0 Å². The van der Waals surface area contributed by atoms with E-state index in [1.54, 1.807) is 17.7 Å². The van der Waals surface area contributed by atoms with E-state index >= 15 is 0 Å². The van der Waals surface area contributed by atoms with Crippen LogP contribution in [-0.4, -0.2) is 35.6 Å². The number of ether oxygens (including phenoxy) is 1. The molecule has 19 heavy (non-hydrogen) atoms. The standard InChI is InChI=1S/C13H15N3O2S/c1-18-13(17)10-4-2-3-6-16(10)12-11-9(5-7-19-11)14-8-15-12/h5,7-8,10H,2-4,6H2,1H3. The zero-order valence-corrected chi connectivity index (χ0v) is 11.5. The van der Waals surface area contributed by atoms with E-state index in [1.165, 1.54) is 7.11 Å². The zero-order chi connectivity index (χ0) is 13.2. The summed E-state index contributed by atoms with van der Waals surface area (Å²) in [6, 6.07) is 1.75. The number of thiophene rings is 1. The van der Waals surface area contributed by atoms with E-state index in [2.05, 4.69) is 14.9 Å². The van der Waals surface area contributed by atoms with Crippen LogP contribution in [0.4, 0.5) is 5.82 Å². The fraction of sp³-hybridized carbons (Fsp3) is 0.462. The molecule has 5 nitrogen and oxygen atoms in total. The van der Waals surface area contributed by atoms with Crippen molar-refractivity contribution in [1.82, 2.24) is 9.97 Å². The Hall–Kier alpha value is -1.69. The molecule has 1 unspecified atom stereocenters. The van der Waals surface area contributed by atoms with E-state index in [9.17, 15) is 4.79 Å². The number of piperidine rings is 1. The fourth-order valence-electron chi connectivity index (χ4n) is 2.55. The molecule has 0 amide bonds. The first-order valence-electron chi connectivity index (χ1n) is 6.34. The predicted octanol–water partition coefficient (Wildman–Crippen LogP) is 2.22. The number of carbonyl (C=O) groups excluding carboxylic acids is 1. The smallest absolute Gasteiger partial charge is 0.328 e. The molecule has 0 radical (unpaired) electrons. The summed E-state index contributed by atoms with van der Waals surface area (Å²) >= 11 is 1.61. The second-order valence-electron chi connectivity index (χ2n) is 4.56. The van der Waals surface area contributed by atoms with Gasteiger partial charge in [-0.15, -0.1) is 11.3 Å². The van der Waals surface area contributed by atoms with Crippen molar-refractivity contribution in [2.75, 3.05) is 18.6 Å². The topological polar surface area (TPSA) is 55.3 Å². The van der Waals surface area contributed by atoms with Crippen molar-refractivity contribution in [2.24, 2.45) is 0 Å². The molecule has 2 aromatic heterocycles. The Bertz CT molecular complexity index is 598. The lowest BCUT2D eigenvalue weighted by atomic mass is 10.0. The Morgan fingerprint density at radius 3 is 3.21 bits per heavy atom. The van der Waals surface area contributed by atoms with Crippen LogP contribution in [0.15, 0.2) is 17.8 Å². The highest BCUT2D eigenvalue weighted by Gasteiger charge is 2.31.